The summed E-state index contributed by atoms with van der Waals surface area (Å²) in [6, 6.07) is 10.8. The molecule has 1 aliphatic heterocycles. The minimum atomic E-state index is -0.466. The number of hydrogen-bond acceptors (Lipinski definition) is 4. The van der Waals surface area contributed by atoms with Crippen LogP contribution in [0.4, 0.5) is 4.79 Å². The van der Waals surface area contributed by atoms with Gasteiger partial charge in [-0.2, -0.15) is 5.10 Å². The van der Waals surface area contributed by atoms with Crippen molar-refractivity contribution in [2.75, 3.05) is 13.1 Å². The number of amides is 1. The number of alkyl carbamates (subject to hydrolysis) is 1. The standard InChI is InChI=1S/C21H30N4O2/c1-21(2,3)27-20(26)22-15-19-7-4-5-13-24(19)16-17-8-10-18(11-9-17)25-14-6-12-23-25/h6,8-12,14,19H,4-5,7,13,15-16H2,1-3H3,(H,22,26). The van der Waals surface area contributed by atoms with Crippen molar-refractivity contribution in [3.05, 3.63) is 48.3 Å². The highest BCUT2D eigenvalue weighted by Crippen LogP contribution is 2.20. The lowest BCUT2D eigenvalue weighted by Gasteiger charge is -2.36. The molecule has 1 aliphatic rings. The number of hydrogen-bond donors (Lipinski definition) is 1. The summed E-state index contributed by atoms with van der Waals surface area (Å²) in [4.78, 5) is 14.4. The van der Waals surface area contributed by atoms with E-state index < -0.39 is 5.60 Å². The number of nitrogens with zero attached hydrogens (tertiary/aromatic N) is 3. The molecule has 0 spiro atoms. The van der Waals surface area contributed by atoms with Gasteiger partial charge in [0.15, 0.2) is 0 Å². The average Bonchev–Trinajstić information content (AvgIpc) is 3.15. The smallest absolute Gasteiger partial charge is 0.407 e. The summed E-state index contributed by atoms with van der Waals surface area (Å²) < 4.78 is 7.21. The second kappa shape index (κ2) is 8.57. The Labute approximate surface area is 161 Å². The average molecular weight is 370 g/mol. The Morgan fingerprint density at radius 2 is 2.04 bits per heavy atom. The number of nitrogens with one attached hydrogen (secondary N) is 1. The minimum absolute atomic E-state index is 0.336. The van der Waals surface area contributed by atoms with Crippen LogP contribution in [-0.2, 0) is 11.3 Å². The van der Waals surface area contributed by atoms with E-state index in [-0.39, 0.29) is 6.09 Å². The molecule has 1 aromatic heterocycles. The Morgan fingerprint density at radius 1 is 1.26 bits per heavy atom. The van der Waals surface area contributed by atoms with Gasteiger partial charge in [0.05, 0.1) is 5.69 Å². The first kappa shape index (κ1) is 19.4. The zero-order chi connectivity index (χ0) is 19.3. The van der Waals surface area contributed by atoms with Gasteiger partial charge in [0.25, 0.3) is 0 Å². The third kappa shape index (κ3) is 5.82. The molecule has 0 radical (unpaired) electrons. The first-order chi connectivity index (χ1) is 12.9. The van der Waals surface area contributed by atoms with Crippen LogP contribution in [0.1, 0.15) is 45.6 Å². The van der Waals surface area contributed by atoms with Gasteiger partial charge in [-0.1, -0.05) is 18.6 Å². The van der Waals surface area contributed by atoms with E-state index in [0.29, 0.717) is 12.6 Å². The Hall–Kier alpha value is -2.34. The number of aromatic nitrogens is 2. The number of piperidine rings is 1. The molecular weight excluding hydrogens is 340 g/mol. The Kier molecular flexibility index (Phi) is 6.16. The van der Waals surface area contributed by atoms with Crippen molar-refractivity contribution in [3.8, 4) is 5.69 Å². The van der Waals surface area contributed by atoms with Crippen molar-refractivity contribution in [1.29, 1.82) is 0 Å². The van der Waals surface area contributed by atoms with Gasteiger partial charge in [-0.15, -0.1) is 0 Å². The number of benzene rings is 1. The molecule has 0 bridgehead atoms. The maximum Gasteiger partial charge on any atom is 0.407 e. The zero-order valence-electron chi connectivity index (χ0n) is 16.5. The maximum atomic E-state index is 12.0. The van der Waals surface area contributed by atoms with Crippen molar-refractivity contribution in [1.82, 2.24) is 20.0 Å². The number of likely N-dealkylation sites (tertiary alicyclic amines) is 1. The van der Waals surface area contributed by atoms with Gasteiger partial charge in [-0.3, -0.25) is 4.90 Å². The first-order valence-corrected chi connectivity index (χ1v) is 9.70. The molecule has 1 amide bonds. The van der Waals surface area contributed by atoms with Crippen molar-refractivity contribution >= 4 is 6.09 Å². The molecule has 1 aromatic carbocycles. The highest BCUT2D eigenvalue weighted by Gasteiger charge is 2.24. The fraction of sp³-hybridized carbons (Fsp3) is 0.524. The topological polar surface area (TPSA) is 59.4 Å². The second-order valence-electron chi connectivity index (χ2n) is 8.12. The van der Waals surface area contributed by atoms with Crippen LogP contribution >= 0.6 is 0 Å². The van der Waals surface area contributed by atoms with Crippen LogP contribution in [0, 0.1) is 0 Å². The van der Waals surface area contributed by atoms with Crippen molar-refractivity contribution in [2.24, 2.45) is 0 Å². The summed E-state index contributed by atoms with van der Waals surface area (Å²) in [5.74, 6) is 0. The molecule has 6 nitrogen and oxygen atoms in total. The highest BCUT2D eigenvalue weighted by atomic mass is 16.6. The van der Waals surface area contributed by atoms with Crippen molar-refractivity contribution < 1.29 is 9.53 Å². The van der Waals surface area contributed by atoms with Crippen molar-refractivity contribution in [2.45, 2.75) is 58.2 Å². The quantitative estimate of drug-likeness (QED) is 0.871. The van der Waals surface area contributed by atoms with Crippen LogP contribution in [0.3, 0.4) is 0 Å². The van der Waals surface area contributed by atoms with E-state index in [0.717, 1.165) is 25.2 Å². The highest BCUT2D eigenvalue weighted by molar-refractivity contribution is 5.67. The Morgan fingerprint density at radius 3 is 2.70 bits per heavy atom. The Bertz CT molecular complexity index is 720. The van der Waals surface area contributed by atoms with Crippen LogP contribution in [0.2, 0.25) is 0 Å². The lowest BCUT2D eigenvalue weighted by Crippen LogP contribution is -2.47. The monoisotopic (exact) mass is 370 g/mol. The second-order valence-corrected chi connectivity index (χ2v) is 8.12. The number of rotatable bonds is 5. The van der Waals surface area contributed by atoms with E-state index in [1.165, 1.54) is 18.4 Å². The lowest BCUT2D eigenvalue weighted by molar-refractivity contribution is 0.0492. The van der Waals surface area contributed by atoms with Gasteiger partial charge in [-0.25, -0.2) is 9.48 Å². The molecule has 1 fully saturated rings. The molecule has 0 saturated carbocycles. The fourth-order valence-corrected chi connectivity index (χ4v) is 3.42. The summed E-state index contributed by atoms with van der Waals surface area (Å²) >= 11 is 0. The molecule has 0 aliphatic carbocycles. The molecule has 1 unspecified atom stereocenters. The molecule has 146 valence electrons. The van der Waals surface area contributed by atoms with Gasteiger partial charge in [0.1, 0.15) is 5.60 Å². The number of carbonyl (C=O) groups excluding carboxylic acids is 1. The van der Waals surface area contributed by atoms with Crippen LogP contribution in [0.15, 0.2) is 42.7 Å². The normalized spacial score (nSPS) is 18.3. The third-order valence-electron chi connectivity index (χ3n) is 4.72. The maximum absolute atomic E-state index is 12.0. The van der Waals surface area contributed by atoms with E-state index in [1.807, 2.05) is 37.7 Å². The molecule has 6 heteroatoms. The molecular formula is C21H30N4O2. The Balaban J connectivity index is 1.56. The van der Waals surface area contributed by atoms with E-state index in [2.05, 4.69) is 39.6 Å². The summed E-state index contributed by atoms with van der Waals surface area (Å²) in [5.41, 5.74) is 1.87. The molecule has 27 heavy (non-hydrogen) atoms. The first-order valence-electron chi connectivity index (χ1n) is 9.70. The minimum Gasteiger partial charge on any atom is -0.444 e. The van der Waals surface area contributed by atoms with E-state index in [9.17, 15) is 4.79 Å². The third-order valence-corrected chi connectivity index (χ3v) is 4.72. The van der Waals surface area contributed by atoms with Gasteiger partial charge in [-0.05, 0) is 63.9 Å². The van der Waals surface area contributed by atoms with Gasteiger partial charge in [0, 0.05) is 31.5 Å². The lowest BCUT2D eigenvalue weighted by atomic mass is 10.0. The SMILES string of the molecule is CC(C)(C)OC(=O)NCC1CCCCN1Cc1ccc(-n2cccn2)cc1. The van der Waals surface area contributed by atoms with Crippen LogP contribution in [-0.4, -0.2) is 45.5 Å². The number of carbonyl (C=O) groups is 1. The number of ether oxygens (including phenoxy) is 1. The predicted molar refractivity (Wildman–Crippen MR) is 106 cm³/mol. The van der Waals surface area contributed by atoms with Gasteiger partial charge < -0.3 is 10.1 Å². The molecule has 2 heterocycles. The summed E-state index contributed by atoms with van der Waals surface area (Å²) in [6.07, 6.45) is 6.89. The predicted octanol–water partition coefficient (Wildman–Crippen LogP) is 3.75. The zero-order valence-corrected chi connectivity index (χ0v) is 16.5. The van der Waals surface area contributed by atoms with Crippen LogP contribution in [0.5, 0.6) is 0 Å². The van der Waals surface area contributed by atoms with E-state index in [4.69, 9.17) is 4.74 Å². The van der Waals surface area contributed by atoms with Gasteiger partial charge >= 0.3 is 6.09 Å². The summed E-state index contributed by atoms with van der Waals surface area (Å²) in [6.45, 7) is 8.22. The van der Waals surface area contributed by atoms with Crippen molar-refractivity contribution in [3.63, 3.8) is 0 Å². The summed E-state index contributed by atoms with van der Waals surface area (Å²) in [7, 11) is 0. The van der Waals surface area contributed by atoms with Crippen LogP contribution in [0.25, 0.3) is 5.69 Å². The fourth-order valence-electron chi connectivity index (χ4n) is 3.42. The summed E-state index contributed by atoms with van der Waals surface area (Å²) in [5, 5.41) is 7.20. The largest absolute Gasteiger partial charge is 0.444 e. The van der Waals surface area contributed by atoms with E-state index in [1.54, 1.807) is 6.20 Å². The molecule has 3 rings (SSSR count). The molecule has 2 aromatic rings. The molecule has 1 saturated heterocycles. The van der Waals surface area contributed by atoms with E-state index >= 15 is 0 Å². The molecule has 1 N–H and O–H groups in total. The van der Waals surface area contributed by atoms with Gasteiger partial charge in [0.2, 0.25) is 0 Å². The van der Waals surface area contributed by atoms with Crippen LogP contribution < -0.4 is 5.32 Å². The molecule has 1 atom stereocenters.